The molecule has 0 aromatic rings. The second kappa shape index (κ2) is 6.82. The predicted molar refractivity (Wildman–Crippen MR) is 78.7 cm³/mol. The number of hydrogen-bond donors (Lipinski definition) is 0. The summed E-state index contributed by atoms with van der Waals surface area (Å²) in [5, 5.41) is 0. The molecule has 94 valence electrons. The zero-order valence-corrected chi connectivity index (χ0v) is 16.8. The fourth-order valence-electron chi connectivity index (χ4n) is 2.09. The van der Waals surface area contributed by atoms with Gasteiger partial charge in [-0.05, 0) is 16.1 Å². The van der Waals surface area contributed by atoms with Gasteiger partial charge < -0.3 is 22.5 Å². The van der Waals surface area contributed by atoms with Gasteiger partial charge in [0.2, 0.25) is 0 Å². The molecule has 1 aliphatic rings. The Morgan fingerprint density at radius 1 is 0.706 bits per heavy atom. The quantitative estimate of drug-likeness (QED) is 0.501. The minimum Gasteiger partial charge on any atom is -0.377 e. The van der Waals surface area contributed by atoms with Gasteiger partial charge in [0.25, 0.3) is 0 Å². The van der Waals surface area contributed by atoms with Crippen LogP contribution in [0.5, 0.6) is 0 Å². The first-order chi connectivity index (χ1) is 7.17. The molecule has 0 radical (unpaired) electrons. The van der Waals surface area contributed by atoms with Crippen LogP contribution in [-0.2, 0) is 26.2 Å². The van der Waals surface area contributed by atoms with Crippen LogP contribution in [0.15, 0.2) is 11.1 Å². The van der Waals surface area contributed by atoms with E-state index in [-0.39, 0.29) is 26.2 Å². The van der Waals surface area contributed by atoms with Crippen LogP contribution in [0, 0.1) is 11.4 Å². The van der Waals surface area contributed by atoms with Crippen LogP contribution in [-0.4, -0.2) is 16.1 Å². The second-order valence-electron chi connectivity index (χ2n) is 6.91. The molecular formula is C14H26Si2Zr. The van der Waals surface area contributed by atoms with Crippen LogP contribution in [0.25, 0.3) is 0 Å². The van der Waals surface area contributed by atoms with Gasteiger partial charge in [0.05, 0.1) is 0 Å². The predicted octanol–water partition coefficient (Wildman–Crippen LogP) is 4.77. The molecule has 0 aromatic heterocycles. The molecule has 0 N–H and O–H groups in total. The molecule has 17 heavy (non-hydrogen) atoms. The molecular weight excluding hydrogens is 316 g/mol. The maximum Gasteiger partial charge on any atom is 2.00 e. The SMILES string of the molecule is C[Si](C)(C)[C-]=C1CCCCC1=[C-][Si](C)(C)C.[Zr+2]. The second-order valence-corrected chi connectivity index (χ2v) is 16.4. The average molecular weight is 342 g/mol. The molecule has 0 bridgehead atoms. The summed E-state index contributed by atoms with van der Waals surface area (Å²) in [6.45, 7) is 14.3. The molecule has 0 amide bonds. The maximum atomic E-state index is 3.81. The number of hydrogen-bond acceptors (Lipinski definition) is 0. The molecule has 0 nitrogen and oxygen atoms in total. The van der Waals surface area contributed by atoms with Crippen molar-refractivity contribution in [1.29, 1.82) is 0 Å². The van der Waals surface area contributed by atoms with Crippen molar-refractivity contribution in [3.8, 4) is 0 Å². The Bertz CT molecular complexity index is 271. The monoisotopic (exact) mass is 340 g/mol. The Balaban J connectivity index is 0.00000256. The van der Waals surface area contributed by atoms with Crippen molar-refractivity contribution in [3.05, 3.63) is 22.5 Å². The van der Waals surface area contributed by atoms with E-state index in [4.69, 9.17) is 0 Å². The van der Waals surface area contributed by atoms with Gasteiger partial charge in [-0.1, -0.05) is 52.1 Å². The third-order valence-corrected chi connectivity index (χ3v) is 4.62. The Labute approximate surface area is 129 Å². The summed E-state index contributed by atoms with van der Waals surface area (Å²) < 4.78 is 0. The van der Waals surface area contributed by atoms with Crippen molar-refractivity contribution in [1.82, 2.24) is 0 Å². The normalized spacial score (nSPS) is 22.7. The van der Waals surface area contributed by atoms with Gasteiger partial charge >= 0.3 is 26.2 Å². The summed E-state index contributed by atoms with van der Waals surface area (Å²) in [6.07, 6.45) is 5.20. The minimum absolute atomic E-state index is 0. The summed E-state index contributed by atoms with van der Waals surface area (Å²) in [7, 11) is -2.39. The van der Waals surface area contributed by atoms with Gasteiger partial charge in [-0.15, -0.1) is 12.8 Å². The van der Waals surface area contributed by atoms with Crippen LogP contribution in [0.4, 0.5) is 0 Å². The Morgan fingerprint density at radius 2 is 1.00 bits per heavy atom. The molecule has 0 spiro atoms. The molecule has 0 heterocycles. The summed E-state index contributed by atoms with van der Waals surface area (Å²) >= 11 is 0. The molecule has 1 rings (SSSR count). The third kappa shape index (κ3) is 7.74. The van der Waals surface area contributed by atoms with Crippen molar-refractivity contribution < 1.29 is 26.2 Å². The van der Waals surface area contributed by atoms with E-state index in [1.54, 1.807) is 0 Å². The standard InChI is InChI=1S/C14H26Si2.Zr/c1-15(2,3)11-13-9-7-8-10-14(13)12-16(4,5)6;/h7-10H2,1-6H3;/q-2;+2. The van der Waals surface area contributed by atoms with Gasteiger partial charge in [-0.2, -0.15) is 0 Å². The van der Waals surface area contributed by atoms with E-state index in [1.807, 2.05) is 0 Å². The van der Waals surface area contributed by atoms with E-state index in [0.29, 0.717) is 0 Å². The largest absolute Gasteiger partial charge is 2.00 e. The molecule has 3 heteroatoms. The molecule has 0 unspecified atom stereocenters. The van der Waals surface area contributed by atoms with E-state index < -0.39 is 16.1 Å². The van der Waals surface area contributed by atoms with Gasteiger partial charge in [0.1, 0.15) is 0 Å². The minimum atomic E-state index is -1.19. The smallest absolute Gasteiger partial charge is 0.377 e. The fourth-order valence-corrected chi connectivity index (χ4v) is 4.45. The Kier molecular flexibility index (Phi) is 7.14. The van der Waals surface area contributed by atoms with Gasteiger partial charge in [0.15, 0.2) is 0 Å². The molecule has 0 atom stereocenters. The van der Waals surface area contributed by atoms with Crippen molar-refractivity contribution in [2.45, 2.75) is 65.0 Å². The van der Waals surface area contributed by atoms with E-state index in [2.05, 4.69) is 50.7 Å². The van der Waals surface area contributed by atoms with E-state index in [1.165, 1.54) is 36.8 Å². The Morgan fingerprint density at radius 3 is 1.24 bits per heavy atom. The summed E-state index contributed by atoms with van der Waals surface area (Å²) in [6, 6.07) is 0. The molecule has 0 saturated heterocycles. The van der Waals surface area contributed by atoms with Crippen LogP contribution in [0.2, 0.25) is 39.3 Å². The van der Waals surface area contributed by atoms with Crippen LogP contribution < -0.4 is 0 Å². The van der Waals surface area contributed by atoms with Crippen molar-refractivity contribution in [2.24, 2.45) is 0 Å². The first-order valence-electron chi connectivity index (χ1n) is 6.46. The molecule has 0 aliphatic heterocycles. The van der Waals surface area contributed by atoms with E-state index in [0.717, 1.165) is 0 Å². The molecule has 0 aromatic carbocycles. The molecule has 1 fully saturated rings. The maximum absolute atomic E-state index is 3.81. The topological polar surface area (TPSA) is 0 Å². The number of allylic oxidation sites excluding steroid dienone is 2. The Hall–Kier alpha value is 0.797. The van der Waals surface area contributed by atoms with Crippen LogP contribution in [0.1, 0.15) is 25.7 Å². The summed E-state index contributed by atoms with van der Waals surface area (Å²) in [5.41, 5.74) is 10.7. The van der Waals surface area contributed by atoms with Gasteiger partial charge in [0, 0.05) is 0 Å². The zero-order chi connectivity index (χ0) is 12.4. The van der Waals surface area contributed by atoms with Crippen molar-refractivity contribution in [3.63, 3.8) is 0 Å². The van der Waals surface area contributed by atoms with Crippen LogP contribution in [0.3, 0.4) is 0 Å². The average Bonchev–Trinajstić information content (AvgIpc) is 2.03. The molecule has 1 aliphatic carbocycles. The van der Waals surface area contributed by atoms with Gasteiger partial charge in [-0.25, -0.2) is 0 Å². The third-order valence-electron chi connectivity index (χ3n) is 2.52. The summed E-state index contributed by atoms with van der Waals surface area (Å²) in [5.74, 6) is 0. The summed E-state index contributed by atoms with van der Waals surface area (Å²) in [4.78, 5) is 0. The number of rotatable bonds is 2. The molecule has 1 saturated carbocycles. The first-order valence-corrected chi connectivity index (χ1v) is 13.5. The van der Waals surface area contributed by atoms with Gasteiger partial charge in [-0.3, -0.25) is 0 Å². The zero-order valence-electron chi connectivity index (χ0n) is 12.3. The first kappa shape index (κ1) is 17.8. The van der Waals surface area contributed by atoms with Crippen molar-refractivity contribution >= 4 is 16.1 Å². The van der Waals surface area contributed by atoms with Crippen molar-refractivity contribution in [2.75, 3.05) is 0 Å². The van der Waals surface area contributed by atoms with E-state index >= 15 is 0 Å². The van der Waals surface area contributed by atoms with Crippen LogP contribution >= 0.6 is 0 Å². The fraction of sp³-hybridized carbons (Fsp3) is 0.714. The van der Waals surface area contributed by atoms with E-state index in [9.17, 15) is 0 Å².